The van der Waals surface area contributed by atoms with Crippen molar-refractivity contribution in [1.82, 2.24) is 20.0 Å². The Labute approximate surface area is 121 Å². The third kappa shape index (κ3) is 2.46. The van der Waals surface area contributed by atoms with Gasteiger partial charge in [-0.15, -0.1) is 8.86 Å². The number of non-ortho nitro benzene ring substituents is 1. The Morgan fingerprint density at radius 2 is 2.05 bits per heavy atom. The van der Waals surface area contributed by atoms with Crippen molar-refractivity contribution < 1.29 is 4.92 Å². The molecule has 0 fully saturated rings. The Kier molecular flexibility index (Phi) is 3.33. The van der Waals surface area contributed by atoms with E-state index < -0.39 is 4.92 Å². The molecule has 0 saturated heterocycles. The van der Waals surface area contributed by atoms with Gasteiger partial charge in [0.15, 0.2) is 0 Å². The van der Waals surface area contributed by atoms with Gasteiger partial charge in [0, 0.05) is 18.3 Å². The van der Waals surface area contributed by atoms with Gasteiger partial charge < -0.3 is 0 Å². The van der Waals surface area contributed by atoms with Crippen molar-refractivity contribution in [2.24, 2.45) is 0 Å². The van der Waals surface area contributed by atoms with Crippen LogP contribution in [0.15, 0.2) is 42.6 Å². The molecular formula is C13H10N5O2P. The molecule has 7 nitrogen and oxygen atoms in total. The van der Waals surface area contributed by atoms with Gasteiger partial charge in [-0.3, -0.25) is 15.2 Å². The normalized spacial score (nSPS) is 10.5. The Bertz CT molecular complexity index is 793. The standard InChI is InChI=1S/C13H10N5O2P/c19-18(20)10-3-1-9(2-4-10)17-11(8-21)7-13(16-17)12-5-6-14-15-12/h1-8,21H,(H,14,15). The number of rotatable bonds is 4. The Morgan fingerprint density at radius 3 is 2.62 bits per heavy atom. The number of nitrogens with one attached hydrogen (secondary N) is 1. The number of nitrogens with zero attached hydrogens (tertiary/aromatic N) is 4. The highest BCUT2D eigenvalue weighted by atomic mass is 31.0. The first-order valence-electron chi connectivity index (χ1n) is 6.04. The molecule has 8 heteroatoms. The zero-order valence-electron chi connectivity index (χ0n) is 10.7. The summed E-state index contributed by atoms with van der Waals surface area (Å²) in [6.45, 7) is 0. The topological polar surface area (TPSA) is 89.6 Å². The van der Waals surface area contributed by atoms with Crippen molar-refractivity contribution in [2.45, 2.75) is 0 Å². The van der Waals surface area contributed by atoms with Crippen molar-refractivity contribution in [1.29, 1.82) is 0 Å². The molecule has 2 heterocycles. The highest BCUT2D eigenvalue weighted by molar-refractivity contribution is 7.19. The lowest BCUT2D eigenvalue weighted by Crippen LogP contribution is -2.01. The van der Waals surface area contributed by atoms with E-state index in [0.717, 1.165) is 22.8 Å². The van der Waals surface area contributed by atoms with E-state index in [-0.39, 0.29) is 5.69 Å². The number of benzene rings is 1. The van der Waals surface area contributed by atoms with E-state index in [1.165, 1.54) is 12.1 Å². The van der Waals surface area contributed by atoms with Gasteiger partial charge in [-0.1, -0.05) is 0 Å². The second-order valence-electron chi connectivity index (χ2n) is 4.25. The minimum absolute atomic E-state index is 0.0450. The van der Waals surface area contributed by atoms with Crippen LogP contribution in [0.4, 0.5) is 5.69 Å². The van der Waals surface area contributed by atoms with Crippen molar-refractivity contribution in [3.8, 4) is 17.1 Å². The zero-order valence-corrected chi connectivity index (χ0v) is 11.7. The molecule has 0 aliphatic heterocycles. The number of nitro benzene ring substituents is 1. The Hall–Kier alpha value is -2.79. The van der Waals surface area contributed by atoms with E-state index in [1.54, 1.807) is 28.8 Å². The van der Waals surface area contributed by atoms with Gasteiger partial charge in [0.25, 0.3) is 5.69 Å². The molecule has 1 N–H and O–H groups in total. The van der Waals surface area contributed by atoms with Crippen molar-refractivity contribution in [3.63, 3.8) is 0 Å². The van der Waals surface area contributed by atoms with E-state index in [1.807, 2.05) is 12.1 Å². The van der Waals surface area contributed by atoms with Crippen LogP contribution in [-0.4, -0.2) is 30.7 Å². The van der Waals surface area contributed by atoms with Crippen molar-refractivity contribution in [3.05, 3.63) is 58.4 Å². The van der Waals surface area contributed by atoms with E-state index in [9.17, 15) is 10.1 Å². The molecule has 0 atom stereocenters. The highest BCUT2D eigenvalue weighted by Crippen LogP contribution is 2.20. The van der Waals surface area contributed by atoms with Gasteiger partial charge in [0.2, 0.25) is 0 Å². The lowest BCUT2D eigenvalue weighted by atomic mass is 10.2. The molecule has 3 rings (SSSR count). The highest BCUT2D eigenvalue weighted by Gasteiger charge is 2.11. The summed E-state index contributed by atoms with van der Waals surface area (Å²) in [5.74, 6) is 1.73. The van der Waals surface area contributed by atoms with E-state index >= 15 is 0 Å². The van der Waals surface area contributed by atoms with Crippen LogP contribution in [-0.2, 0) is 0 Å². The molecule has 0 unspecified atom stereocenters. The van der Waals surface area contributed by atoms with Crippen LogP contribution in [0.2, 0.25) is 0 Å². The summed E-state index contributed by atoms with van der Waals surface area (Å²) < 4.78 is 1.69. The molecule has 2 aromatic heterocycles. The Balaban J connectivity index is 2.05. The third-order valence-electron chi connectivity index (χ3n) is 2.97. The monoisotopic (exact) mass is 299 g/mol. The predicted molar refractivity (Wildman–Crippen MR) is 81.3 cm³/mol. The van der Waals surface area contributed by atoms with Gasteiger partial charge in [0.05, 0.1) is 22.0 Å². The van der Waals surface area contributed by atoms with Crippen molar-refractivity contribution >= 4 is 20.3 Å². The summed E-state index contributed by atoms with van der Waals surface area (Å²) in [5, 5.41) is 21.9. The maximum Gasteiger partial charge on any atom is 0.269 e. The smallest absolute Gasteiger partial charge is 0.269 e. The summed E-state index contributed by atoms with van der Waals surface area (Å²) in [5.41, 5.74) is 3.12. The maximum atomic E-state index is 10.7. The fourth-order valence-electron chi connectivity index (χ4n) is 1.95. The lowest BCUT2D eigenvalue weighted by molar-refractivity contribution is -0.384. The second-order valence-corrected chi connectivity index (χ2v) is 4.54. The number of hydrogen-bond acceptors (Lipinski definition) is 4. The first-order valence-corrected chi connectivity index (χ1v) is 6.62. The molecular weight excluding hydrogens is 289 g/mol. The summed E-state index contributed by atoms with van der Waals surface area (Å²) in [6, 6.07) is 9.90. The lowest BCUT2D eigenvalue weighted by Gasteiger charge is -2.03. The first-order chi connectivity index (χ1) is 10.2. The summed E-state index contributed by atoms with van der Waals surface area (Å²) in [4.78, 5) is 10.3. The fraction of sp³-hybridized carbons (Fsp3) is 0. The molecule has 0 spiro atoms. The quantitative estimate of drug-likeness (QED) is 0.455. The van der Waals surface area contributed by atoms with Crippen LogP contribution in [0.5, 0.6) is 0 Å². The average molecular weight is 299 g/mol. The van der Waals surface area contributed by atoms with Crippen LogP contribution in [0.25, 0.3) is 17.1 Å². The fourth-order valence-corrected chi connectivity index (χ4v) is 2.16. The number of aromatic amines is 1. The molecule has 104 valence electrons. The molecule has 0 radical (unpaired) electrons. The average Bonchev–Trinajstić information content (AvgIpc) is 3.16. The maximum absolute atomic E-state index is 10.7. The molecule has 0 aliphatic carbocycles. The van der Waals surface area contributed by atoms with Crippen LogP contribution in [0.1, 0.15) is 5.69 Å². The number of hydrogen-bond donors (Lipinski definition) is 1. The van der Waals surface area contributed by atoms with Crippen LogP contribution in [0, 0.1) is 10.1 Å². The largest absolute Gasteiger partial charge is 0.276 e. The summed E-state index contributed by atoms with van der Waals surface area (Å²) in [6.07, 6.45) is 1.65. The summed E-state index contributed by atoms with van der Waals surface area (Å²) >= 11 is 0. The minimum atomic E-state index is -0.430. The predicted octanol–water partition coefficient (Wildman–Crippen LogP) is 2.46. The van der Waals surface area contributed by atoms with Gasteiger partial charge in [0.1, 0.15) is 5.69 Å². The SMILES string of the molecule is O=[N+]([O-])c1ccc(-n2nc(-c3ccn[nH]3)cc2C=P)cc1. The Morgan fingerprint density at radius 1 is 1.29 bits per heavy atom. The molecule has 0 bridgehead atoms. The zero-order chi connectivity index (χ0) is 14.8. The van der Waals surface area contributed by atoms with Gasteiger partial charge in [-0.2, -0.15) is 10.2 Å². The molecule has 0 aliphatic rings. The van der Waals surface area contributed by atoms with Crippen LogP contribution in [0.3, 0.4) is 0 Å². The van der Waals surface area contributed by atoms with Gasteiger partial charge >= 0.3 is 0 Å². The van der Waals surface area contributed by atoms with E-state index in [2.05, 4.69) is 24.2 Å². The third-order valence-corrected chi connectivity index (χ3v) is 3.26. The number of aromatic nitrogens is 4. The number of nitro groups is 1. The van der Waals surface area contributed by atoms with Crippen LogP contribution < -0.4 is 0 Å². The van der Waals surface area contributed by atoms with E-state index in [0.29, 0.717) is 0 Å². The van der Waals surface area contributed by atoms with Gasteiger partial charge in [-0.05, 0) is 30.1 Å². The molecule has 0 saturated carbocycles. The number of H-pyrrole nitrogens is 1. The minimum Gasteiger partial charge on any atom is -0.276 e. The summed E-state index contributed by atoms with van der Waals surface area (Å²) in [7, 11) is 3.35. The second kappa shape index (κ2) is 5.30. The molecule has 21 heavy (non-hydrogen) atoms. The first kappa shape index (κ1) is 13.2. The van der Waals surface area contributed by atoms with Crippen molar-refractivity contribution in [2.75, 3.05) is 0 Å². The van der Waals surface area contributed by atoms with Gasteiger partial charge in [-0.25, -0.2) is 4.68 Å². The molecule has 0 amide bonds. The van der Waals surface area contributed by atoms with Crippen LogP contribution >= 0.6 is 8.86 Å². The molecule has 3 aromatic rings. The van der Waals surface area contributed by atoms with E-state index in [4.69, 9.17) is 0 Å². The molecule has 1 aromatic carbocycles.